The van der Waals surface area contributed by atoms with Crippen LogP contribution in [0.15, 0.2) is 18.2 Å². The molecule has 0 saturated heterocycles. The standard InChI is InChI=1S/C12H17N3O3/c1-12(2,11(14)17)15-9-7(10(16)18-3)5-4-6-8(9)13/h4-6,15H,13H2,1-3H3,(H2,14,17). The molecule has 0 bridgehead atoms. The zero-order valence-corrected chi connectivity index (χ0v) is 10.6. The van der Waals surface area contributed by atoms with Crippen molar-refractivity contribution < 1.29 is 14.3 Å². The van der Waals surface area contributed by atoms with Gasteiger partial charge in [0.2, 0.25) is 5.91 Å². The van der Waals surface area contributed by atoms with Gasteiger partial charge in [0, 0.05) is 0 Å². The lowest BCUT2D eigenvalue weighted by molar-refractivity contribution is -0.121. The second kappa shape index (κ2) is 4.95. The highest BCUT2D eigenvalue weighted by Crippen LogP contribution is 2.27. The third-order valence-corrected chi connectivity index (χ3v) is 2.56. The van der Waals surface area contributed by atoms with Crippen molar-refractivity contribution in [3.63, 3.8) is 0 Å². The molecule has 0 saturated carbocycles. The summed E-state index contributed by atoms with van der Waals surface area (Å²) in [5.74, 6) is -1.09. The zero-order valence-electron chi connectivity index (χ0n) is 10.6. The van der Waals surface area contributed by atoms with Crippen molar-refractivity contribution in [2.45, 2.75) is 19.4 Å². The van der Waals surface area contributed by atoms with E-state index in [-0.39, 0.29) is 5.56 Å². The van der Waals surface area contributed by atoms with Gasteiger partial charge >= 0.3 is 5.97 Å². The predicted octanol–water partition coefficient (Wildman–Crippen LogP) is 0.731. The second-order valence-corrected chi connectivity index (χ2v) is 4.38. The number of primary amides is 1. The molecule has 6 nitrogen and oxygen atoms in total. The number of para-hydroxylation sites is 1. The minimum absolute atomic E-state index is 0.256. The largest absolute Gasteiger partial charge is 0.465 e. The van der Waals surface area contributed by atoms with Crippen LogP contribution in [-0.4, -0.2) is 24.5 Å². The number of nitrogen functional groups attached to an aromatic ring is 1. The first-order chi connectivity index (χ1) is 8.29. The van der Waals surface area contributed by atoms with Crippen LogP contribution in [-0.2, 0) is 9.53 Å². The number of rotatable bonds is 4. The highest BCUT2D eigenvalue weighted by atomic mass is 16.5. The first-order valence-electron chi connectivity index (χ1n) is 5.34. The van der Waals surface area contributed by atoms with Crippen LogP contribution in [0.4, 0.5) is 11.4 Å². The van der Waals surface area contributed by atoms with Crippen LogP contribution in [0.1, 0.15) is 24.2 Å². The van der Waals surface area contributed by atoms with Gasteiger partial charge in [0.1, 0.15) is 5.54 Å². The van der Waals surface area contributed by atoms with E-state index < -0.39 is 17.4 Å². The maximum Gasteiger partial charge on any atom is 0.340 e. The van der Waals surface area contributed by atoms with Gasteiger partial charge in [0.25, 0.3) is 0 Å². The van der Waals surface area contributed by atoms with E-state index in [9.17, 15) is 9.59 Å². The zero-order chi connectivity index (χ0) is 13.9. The Kier molecular flexibility index (Phi) is 3.80. The molecule has 1 rings (SSSR count). The Hall–Kier alpha value is -2.24. The molecule has 98 valence electrons. The maximum atomic E-state index is 11.6. The van der Waals surface area contributed by atoms with Crippen LogP contribution in [0.2, 0.25) is 0 Å². The van der Waals surface area contributed by atoms with E-state index in [2.05, 4.69) is 10.1 Å². The quantitative estimate of drug-likeness (QED) is 0.540. The summed E-state index contributed by atoms with van der Waals surface area (Å²) >= 11 is 0. The Morgan fingerprint density at radius 3 is 2.44 bits per heavy atom. The molecule has 6 heteroatoms. The molecule has 5 N–H and O–H groups in total. The van der Waals surface area contributed by atoms with E-state index in [0.29, 0.717) is 11.4 Å². The van der Waals surface area contributed by atoms with Crippen LogP contribution in [0.25, 0.3) is 0 Å². The van der Waals surface area contributed by atoms with Gasteiger partial charge in [0.05, 0.1) is 24.0 Å². The number of hydrogen-bond acceptors (Lipinski definition) is 5. The van der Waals surface area contributed by atoms with Gasteiger partial charge in [-0.05, 0) is 26.0 Å². The number of amides is 1. The molecular weight excluding hydrogens is 234 g/mol. The number of carbonyl (C=O) groups is 2. The lowest BCUT2D eigenvalue weighted by Crippen LogP contribution is -2.45. The maximum absolute atomic E-state index is 11.6. The number of anilines is 2. The Bertz CT molecular complexity index is 483. The molecule has 0 spiro atoms. The summed E-state index contributed by atoms with van der Waals surface area (Å²) in [5, 5.41) is 2.87. The van der Waals surface area contributed by atoms with Crippen molar-refractivity contribution >= 4 is 23.3 Å². The van der Waals surface area contributed by atoms with Crippen molar-refractivity contribution in [2.75, 3.05) is 18.2 Å². The Morgan fingerprint density at radius 1 is 1.33 bits per heavy atom. The van der Waals surface area contributed by atoms with Crippen LogP contribution in [0, 0.1) is 0 Å². The summed E-state index contributed by atoms with van der Waals surface area (Å²) in [7, 11) is 1.27. The molecule has 1 amide bonds. The fourth-order valence-electron chi connectivity index (χ4n) is 1.36. The summed E-state index contributed by atoms with van der Waals surface area (Å²) in [4.78, 5) is 22.9. The van der Waals surface area contributed by atoms with Gasteiger partial charge in [0.15, 0.2) is 0 Å². The molecule has 0 aromatic heterocycles. The second-order valence-electron chi connectivity index (χ2n) is 4.38. The van der Waals surface area contributed by atoms with E-state index in [1.54, 1.807) is 32.0 Å². The Morgan fingerprint density at radius 2 is 1.94 bits per heavy atom. The highest BCUT2D eigenvalue weighted by molar-refractivity contribution is 6.00. The third-order valence-electron chi connectivity index (χ3n) is 2.56. The normalized spacial score (nSPS) is 10.8. The molecule has 0 unspecified atom stereocenters. The molecule has 0 aliphatic rings. The summed E-state index contributed by atoms with van der Waals surface area (Å²) in [6, 6.07) is 4.80. The summed E-state index contributed by atoms with van der Waals surface area (Å²) in [5.41, 5.74) is 11.0. The van der Waals surface area contributed by atoms with Gasteiger partial charge in [-0.15, -0.1) is 0 Å². The predicted molar refractivity (Wildman–Crippen MR) is 69.1 cm³/mol. The van der Waals surface area contributed by atoms with Crippen LogP contribution < -0.4 is 16.8 Å². The first kappa shape index (κ1) is 13.8. The number of carbonyl (C=O) groups excluding carboxylic acids is 2. The molecule has 18 heavy (non-hydrogen) atoms. The molecule has 1 aromatic rings. The van der Waals surface area contributed by atoms with Crippen LogP contribution in [0.3, 0.4) is 0 Å². The number of nitrogens with one attached hydrogen (secondary N) is 1. The lowest BCUT2D eigenvalue weighted by Gasteiger charge is -2.25. The molecule has 1 aromatic carbocycles. The van der Waals surface area contributed by atoms with Crippen molar-refractivity contribution in [1.29, 1.82) is 0 Å². The fraction of sp³-hybridized carbons (Fsp3) is 0.333. The molecule has 0 atom stereocenters. The summed E-state index contributed by atoms with van der Waals surface area (Å²) in [6.07, 6.45) is 0. The van der Waals surface area contributed by atoms with E-state index in [1.165, 1.54) is 7.11 Å². The number of hydrogen-bond donors (Lipinski definition) is 3. The molecule has 0 aliphatic heterocycles. The minimum atomic E-state index is -1.03. The van der Waals surface area contributed by atoms with Gasteiger partial charge < -0.3 is 21.5 Å². The van der Waals surface area contributed by atoms with Crippen molar-refractivity contribution in [3.8, 4) is 0 Å². The topological polar surface area (TPSA) is 107 Å². The molecular formula is C12H17N3O3. The summed E-state index contributed by atoms with van der Waals surface area (Å²) in [6.45, 7) is 3.20. The average molecular weight is 251 g/mol. The smallest absolute Gasteiger partial charge is 0.340 e. The minimum Gasteiger partial charge on any atom is -0.465 e. The van der Waals surface area contributed by atoms with Crippen LogP contribution >= 0.6 is 0 Å². The number of methoxy groups -OCH3 is 1. The number of benzene rings is 1. The van der Waals surface area contributed by atoms with Crippen molar-refractivity contribution in [2.24, 2.45) is 5.73 Å². The van der Waals surface area contributed by atoms with Gasteiger partial charge in [-0.3, -0.25) is 4.79 Å². The SMILES string of the molecule is COC(=O)c1cccc(N)c1NC(C)(C)C(N)=O. The first-order valence-corrected chi connectivity index (χ1v) is 5.34. The third kappa shape index (κ3) is 2.71. The van der Waals surface area contributed by atoms with E-state index in [4.69, 9.17) is 11.5 Å². The van der Waals surface area contributed by atoms with Gasteiger partial charge in [-0.2, -0.15) is 0 Å². The molecule has 0 radical (unpaired) electrons. The Labute approximate surface area is 105 Å². The van der Waals surface area contributed by atoms with E-state index in [0.717, 1.165) is 0 Å². The van der Waals surface area contributed by atoms with E-state index in [1.807, 2.05) is 0 Å². The number of nitrogens with two attached hydrogens (primary N) is 2. The molecule has 0 heterocycles. The number of ether oxygens (including phenoxy) is 1. The van der Waals surface area contributed by atoms with Crippen molar-refractivity contribution in [3.05, 3.63) is 23.8 Å². The number of esters is 1. The highest BCUT2D eigenvalue weighted by Gasteiger charge is 2.27. The van der Waals surface area contributed by atoms with E-state index >= 15 is 0 Å². The molecule has 0 fully saturated rings. The van der Waals surface area contributed by atoms with Gasteiger partial charge in [-0.25, -0.2) is 4.79 Å². The summed E-state index contributed by atoms with van der Waals surface area (Å²) < 4.78 is 4.66. The molecule has 0 aliphatic carbocycles. The lowest BCUT2D eigenvalue weighted by atomic mass is 10.0. The fourth-order valence-corrected chi connectivity index (χ4v) is 1.36. The van der Waals surface area contributed by atoms with Crippen molar-refractivity contribution in [1.82, 2.24) is 0 Å². The van der Waals surface area contributed by atoms with Crippen LogP contribution in [0.5, 0.6) is 0 Å². The monoisotopic (exact) mass is 251 g/mol. The Balaban J connectivity index is 3.23. The van der Waals surface area contributed by atoms with Gasteiger partial charge in [-0.1, -0.05) is 6.07 Å². The average Bonchev–Trinajstić information content (AvgIpc) is 2.30.